The normalized spacial score (nSPS) is 11.8. The van der Waals surface area contributed by atoms with Gasteiger partial charge in [-0.15, -0.1) is 0 Å². The highest BCUT2D eigenvalue weighted by molar-refractivity contribution is 6.08. The van der Waals surface area contributed by atoms with Crippen molar-refractivity contribution in [2.45, 2.75) is 13.8 Å². The van der Waals surface area contributed by atoms with Gasteiger partial charge in [0.05, 0.1) is 0 Å². The maximum Gasteiger partial charge on any atom is -0.0105 e. The van der Waals surface area contributed by atoms with Crippen molar-refractivity contribution in [2.75, 3.05) is 0 Å². The molecule has 0 nitrogen and oxygen atoms in total. The van der Waals surface area contributed by atoms with Crippen molar-refractivity contribution in [3.8, 4) is 0 Å². The van der Waals surface area contributed by atoms with E-state index in [-0.39, 0.29) is 0 Å². The first-order chi connectivity index (χ1) is 15.6. The first-order valence-corrected chi connectivity index (χ1v) is 11.1. The van der Waals surface area contributed by atoms with Crippen LogP contribution >= 0.6 is 0 Å². The lowest BCUT2D eigenvalue weighted by molar-refractivity contribution is 1.46. The van der Waals surface area contributed by atoms with Gasteiger partial charge in [0.2, 0.25) is 0 Å². The predicted molar refractivity (Wildman–Crippen MR) is 142 cm³/mol. The summed E-state index contributed by atoms with van der Waals surface area (Å²) in [4.78, 5) is 0. The zero-order valence-corrected chi connectivity index (χ0v) is 18.5. The van der Waals surface area contributed by atoms with Crippen LogP contribution in [-0.4, -0.2) is 0 Å². The maximum absolute atomic E-state index is 2.27. The van der Waals surface area contributed by atoms with Gasteiger partial charge in [0.15, 0.2) is 0 Å². The van der Waals surface area contributed by atoms with E-state index in [4.69, 9.17) is 0 Å². The first kappa shape index (κ1) is 20.0. The molecule has 0 bridgehead atoms. The van der Waals surface area contributed by atoms with Crippen molar-refractivity contribution in [1.29, 1.82) is 0 Å². The standard InChI is InChI=1S/C32H26/c1-23-3-7-25(8-4-23)11-13-27-15-19-31-29(21-27)17-18-30-22-28(16-20-32(30)31)14-12-26-9-5-24(2)6-10-26/h3-22H,1-2H3/b13-11+,14-12+. The molecule has 0 amide bonds. The first-order valence-electron chi connectivity index (χ1n) is 11.1. The molecule has 0 heterocycles. The molecule has 32 heavy (non-hydrogen) atoms. The van der Waals surface area contributed by atoms with Crippen LogP contribution in [0.2, 0.25) is 0 Å². The Morgan fingerprint density at radius 3 is 1.12 bits per heavy atom. The molecule has 5 rings (SSSR count). The number of aryl methyl sites for hydroxylation is 2. The van der Waals surface area contributed by atoms with Gasteiger partial charge in [0.25, 0.3) is 0 Å². The summed E-state index contributed by atoms with van der Waals surface area (Å²) < 4.78 is 0. The second-order valence-electron chi connectivity index (χ2n) is 8.51. The molecular weight excluding hydrogens is 384 g/mol. The molecule has 0 unspecified atom stereocenters. The Kier molecular flexibility index (Phi) is 5.44. The monoisotopic (exact) mass is 410 g/mol. The summed E-state index contributed by atoms with van der Waals surface area (Å²) >= 11 is 0. The Morgan fingerprint density at radius 2 is 0.719 bits per heavy atom. The quantitative estimate of drug-likeness (QED) is 0.205. The fraction of sp³-hybridized carbons (Fsp3) is 0.0625. The van der Waals surface area contributed by atoms with Gasteiger partial charge in [-0.3, -0.25) is 0 Å². The minimum absolute atomic E-state index is 1.22. The summed E-state index contributed by atoms with van der Waals surface area (Å²) in [5.74, 6) is 0. The lowest BCUT2D eigenvalue weighted by Crippen LogP contribution is -1.81. The molecule has 0 saturated carbocycles. The molecule has 0 atom stereocenters. The van der Waals surface area contributed by atoms with E-state index in [9.17, 15) is 0 Å². The molecular formula is C32H26. The van der Waals surface area contributed by atoms with E-state index in [0.717, 1.165) is 0 Å². The molecule has 5 aromatic rings. The van der Waals surface area contributed by atoms with Gasteiger partial charge in [0.1, 0.15) is 0 Å². The minimum atomic E-state index is 1.22. The molecule has 0 saturated heterocycles. The molecule has 0 heteroatoms. The largest absolute Gasteiger partial charge is 0.0587 e. The molecule has 0 spiro atoms. The van der Waals surface area contributed by atoms with Crippen molar-refractivity contribution >= 4 is 45.8 Å². The molecule has 0 aromatic heterocycles. The van der Waals surface area contributed by atoms with Crippen LogP contribution in [0.25, 0.3) is 45.8 Å². The Bertz CT molecular complexity index is 1330. The van der Waals surface area contributed by atoms with Gasteiger partial charge >= 0.3 is 0 Å². The van der Waals surface area contributed by atoms with Crippen molar-refractivity contribution in [3.05, 3.63) is 130 Å². The zero-order valence-electron chi connectivity index (χ0n) is 18.5. The highest BCUT2D eigenvalue weighted by Crippen LogP contribution is 2.28. The smallest absolute Gasteiger partial charge is 0.0105 e. The van der Waals surface area contributed by atoms with Crippen LogP contribution in [0.1, 0.15) is 33.4 Å². The fourth-order valence-electron chi connectivity index (χ4n) is 4.06. The number of rotatable bonds is 4. The van der Waals surface area contributed by atoms with Crippen LogP contribution in [-0.2, 0) is 0 Å². The van der Waals surface area contributed by atoms with E-state index in [0.29, 0.717) is 0 Å². The van der Waals surface area contributed by atoms with E-state index in [1.807, 2.05) is 0 Å². The molecule has 0 aliphatic rings. The van der Waals surface area contributed by atoms with Crippen LogP contribution < -0.4 is 0 Å². The van der Waals surface area contributed by atoms with Gasteiger partial charge in [-0.2, -0.15) is 0 Å². The summed E-state index contributed by atoms with van der Waals surface area (Å²) in [6.07, 6.45) is 8.73. The number of benzene rings is 5. The summed E-state index contributed by atoms with van der Waals surface area (Å²) in [5.41, 5.74) is 7.45. The third-order valence-electron chi connectivity index (χ3n) is 5.98. The van der Waals surface area contributed by atoms with E-state index >= 15 is 0 Å². The Balaban J connectivity index is 1.43. The number of hydrogen-bond donors (Lipinski definition) is 0. The van der Waals surface area contributed by atoms with Crippen molar-refractivity contribution in [3.63, 3.8) is 0 Å². The van der Waals surface area contributed by atoms with Gasteiger partial charge in [0, 0.05) is 0 Å². The third-order valence-corrected chi connectivity index (χ3v) is 5.98. The highest BCUT2D eigenvalue weighted by atomic mass is 14.1. The van der Waals surface area contributed by atoms with Crippen molar-refractivity contribution < 1.29 is 0 Å². The van der Waals surface area contributed by atoms with E-state index in [2.05, 4.69) is 135 Å². The SMILES string of the molecule is Cc1ccc(/C=C/c2ccc3c(ccc4cc(/C=C/c5ccc(C)cc5)ccc43)c2)cc1. The lowest BCUT2D eigenvalue weighted by Gasteiger charge is -2.06. The number of hydrogen-bond acceptors (Lipinski definition) is 0. The molecule has 0 N–H and O–H groups in total. The Morgan fingerprint density at radius 1 is 0.375 bits per heavy atom. The second kappa shape index (κ2) is 8.69. The average Bonchev–Trinajstić information content (AvgIpc) is 2.83. The minimum Gasteiger partial charge on any atom is -0.0587 e. The van der Waals surface area contributed by atoms with E-state index < -0.39 is 0 Å². The van der Waals surface area contributed by atoms with E-state index in [1.54, 1.807) is 0 Å². The van der Waals surface area contributed by atoms with Gasteiger partial charge in [-0.1, -0.05) is 120 Å². The zero-order chi connectivity index (χ0) is 21.9. The molecule has 0 aliphatic heterocycles. The summed E-state index contributed by atoms with van der Waals surface area (Å²) in [7, 11) is 0. The molecule has 0 aliphatic carbocycles. The Labute approximate surface area is 190 Å². The molecule has 0 fully saturated rings. The maximum atomic E-state index is 2.27. The predicted octanol–water partition coefficient (Wildman–Crippen LogP) is 8.95. The molecule has 0 radical (unpaired) electrons. The average molecular weight is 411 g/mol. The molecule has 5 aromatic carbocycles. The van der Waals surface area contributed by atoms with Crippen LogP contribution in [0.15, 0.2) is 97.1 Å². The van der Waals surface area contributed by atoms with E-state index in [1.165, 1.54) is 54.9 Å². The summed E-state index contributed by atoms with van der Waals surface area (Å²) in [6, 6.07) is 35.1. The van der Waals surface area contributed by atoms with Crippen LogP contribution in [0.3, 0.4) is 0 Å². The van der Waals surface area contributed by atoms with Crippen molar-refractivity contribution in [1.82, 2.24) is 0 Å². The Hall–Kier alpha value is -3.90. The topological polar surface area (TPSA) is 0 Å². The summed E-state index contributed by atoms with van der Waals surface area (Å²) in [5, 5.41) is 5.13. The second-order valence-corrected chi connectivity index (χ2v) is 8.51. The van der Waals surface area contributed by atoms with Crippen LogP contribution in [0.4, 0.5) is 0 Å². The van der Waals surface area contributed by atoms with Gasteiger partial charge in [-0.25, -0.2) is 0 Å². The fourth-order valence-corrected chi connectivity index (χ4v) is 4.06. The molecule has 154 valence electrons. The van der Waals surface area contributed by atoms with Crippen molar-refractivity contribution in [2.24, 2.45) is 0 Å². The number of fused-ring (bicyclic) bond motifs is 3. The van der Waals surface area contributed by atoms with Crippen LogP contribution in [0.5, 0.6) is 0 Å². The highest BCUT2D eigenvalue weighted by Gasteiger charge is 2.02. The third kappa shape index (κ3) is 4.40. The lowest BCUT2D eigenvalue weighted by atomic mass is 9.98. The van der Waals surface area contributed by atoms with Crippen LogP contribution in [0, 0.1) is 13.8 Å². The summed E-state index contributed by atoms with van der Waals surface area (Å²) in [6.45, 7) is 4.23. The van der Waals surface area contributed by atoms with Gasteiger partial charge in [-0.05, 0) is 69.8 Å². The van der Waals surface area contributed by atoms with Gasteiger partial charge < -0.3 is 0 Å².